The van der Waals surface area contributed by atoms with E-state index >= 15 is 0 Å². The highest BCUT2D eigenvalue weighted by Crippen LogP contribution is 2.69. The first kappa shape index (κ1) is 16.3. The number of nitrogens with zero attached hydrogens (tertiary/aromatic N) is 1. The lowest BCUT2D eigenvalue weighted by Gasteiger charge is -2.33. The SMILES string of the molecule is COc1ccc(CN=CC2CC3(C)C(C)=C(C)C2(C)C3C)cc1. The third-order valence-corrected chi connectivity index (χ3v) is 7.21. The molecule has 2 nitrogen and oxygen atoms in total. The molecule has 1 aromatic rings. The van der Waals surface area contributed by atoms with E-state index in [1.54, 1.807) is 18.3 Å². The van der Waals surface area contributed by atoms with Gasteiger partial charge in [0, 0.05) is 12.1 Å². The first-order chi connectivity index (χ1) is 10.8. The van der Waals surface area contributed by atoms with E-state index in [0.29, 0.717) is 17.3 Å². The summed E-state index contributed by atoms with van der Waals surface area (Å²) in [6.45, 7) is 12.7. The molecular formula is C21H29NO. The van der Waals surface area contributed by atoms with Crippen LogP contribution in [0.3, 0.4) is 0 Å². The molecule has 0 aliphatic heterocycles. The predicted molar refractivity (Wildman–Crippen MR) is 97.0 cm³/mol. The molecule has 2 aliphatic carbocycles. The fourth-order valence-electron chi connectivity index (χ4n) is 4.97. The van der Waals surface area contributed by atoms with E-state index in [2.05, 4.69) is 53.0 Å². The summed E-state index contributed by atoms with van der Waals surface area (Å²) in [6.07, 6.45) is 3.47. The van der Waals surface area contributed by atoms with E-state index in [9.17, 15) is 0 Å². The Hall–Kier alpha value is -1.57. The van der Waals surface area contributed by atoms with Crippen LogP contribution < -0.4 is 4.74 Å². The molecular weight excluding hydrogens is 282 g/mol. The molecule has 4 atom stereocenters. The number of allylic oxidation sites excluding steroid dienone is 2. The normalized spacial score (nSPS) is 36.3. The average molecular weight is 311 g/mol. The van der Waals surface area contributed by atoms with Crippen molar-refractivity contribution in [3.05, 3.63) is 41.0 Å². The summed E-state index contributed by atoms with van der Waals surface area (Å²) in [4.78, 5) is 4.78. The summed E-state index contributed by atoms with van der Waals surface area (Å²) in [5.74, 6) is 2.16. The fourth-order valence-corrected chi connectivity index (χ4v) is 4.97. The number of ether oxygens (including phenoxy) is 1. The second-order valence-electron chi connectivity index (χ2n) is 7.82. The summed E-state index contributed by atoms with van der Waals surface area (Å²) in [5.41, 5.74) is 5.09. The molecule has 2 bridgehead atoms. The van der Waals surface area contributed by atoms with E-state index in [1.807, 2.05) is 12.1 Å². The maximum Gasteiger partial charge on any atom is 0.118 e. The summed E-state index contributed by atoms with van der Waals surface area (Å²) in [6, 6.07) is 8.20. The van der Waals surface area contributed by atoms with Crippen molar-refractivity contribution in [2.24, 2.45) is 27.7 Å². The number of fused-ring (bicyclic) bond motifs is 2. The van der Waals surface area contributed by atoms with Crippen molar-refractivity contribution in [1.82, 2.24) is 0 Å². The lowest BCUT2D eigenvalue weighted by Crippen LogP contribution is -2.28. The Morgan fingerprint density at radius 1 is 1.17 bits per heavy atom. The van der Waals surface area contributed by atoms with Gasteiger partial charge in [-0.25, -0.2) is 0 Å². The molecule has 0 spiro atoms. The van der Waals surface area contributed by atoms with E-state index in [-0.39, 0.29) is 5.41 Å². The molecule has 0 N–H and O–H groups in total. The molecule has 0 heterocycles. The van der Waals surface area contributed by atoms with Crippen LogP contribution in [0.4, 0.5) is 0 Å². The summed E-state index contributed by atoms with van der Waals surface area (Å²) in [7, 11) is 1.70. The van der Waals surface area contributed by atoms with Crippen LogP contribution in [0, 0.1) is 22.7 Å². The van der Waals surface area contributed by atoms with Gasteiger partial charge in [-0.1, -0.05) is 44.1 Å². The van der Waals surface area contributed by atoms with Gasteiger partial charge in [-0.3, -0.25) is 4.99 Å². The molecule has 124 valence electrons. The Balaban J connectivity index is 1.74. The maximum absolute atomic E-state index is 5.20. The molecule has 0 amide bonds. The van der Waals surface area contributed by atoms with Crippen LogP contribution >= 0.6 is 0 Å². The quantitative estimate of drug-likeness (QED) is 0.547. The summed E-state index contributed by atoms with van der Waals surface area (Å²) >= 11 is 0. The molecule has 3 rings (SSSR count). The van der Waals surface area contributed by atoms with Crippen LogP contribution in [0.15, 0.2) is 40.4 Å². The van der Waals surface area contributed by atoms with Gasteiger partial charge >= 0.3 is 0 Å². The van der Waals surface area contributed by atoms with Crippen molar-refractivity contribution in [2.45, 2.75) is 47.6 Å². The lowest BCUT2D eigenvalue weighted by atomic mass is 9.71. The topological polar surface area (TPSA) is 21.6 Å². The molecule has 0 saturated heterocycles. The Labute approximate surface area is 140 Å². The van der Waals surface area contributed by atoms with E-state index in [4.69, 9.17) is 9.73 Å². The first-order valence-electron chi connectivity index (χ1n) is 8.65. The lowest BCUT2D eigenvalue weighted by molar-refractivity contribution is 0.241. The highest BCUT2D eigenvalue weighted by atomic mass is 16.5. The summed E-state index contributed by atoms with van der Waals surface area (Å²) in [5, 5.41) is 0. The van der Waals surface area contributed by atoms with Crippen molar-refractivity contribution >= 4 is 6.21 Å². The molecule has 0 radical (unpaired) electrons. The largest absolute Gasteiger partial charge is 0.497 e. The number of aliphatic imine (C=N–C) groups is 1. The van der Waals surface area contributed by atoms with Gasteiger partial charge in [0.2, 0.25) is 0 Å². The van der Waals surface area contributed by atoms with Gasteiger partial charge in [-0.2, -0.15) is 0 Å². The molecule has 2 heteroatoms. The second-order valence-corrected chi connectivity index (χ2v) is 7.82. The molecule has 1 fully saturated rings. The van der Waals surface area contributed by atoms with Gasteiger partial charge < -0.3 is 4.74 Å². The van der Waals surface area contributed by atoms with Crippen LogP contribution in [0.1, 0.15) is 46.6 Å². The van der Waals surface area contributed by atoms with Crippen molar-refractivity contribution in [2.75, 3.05) is 7.11 Å². The Kier molecular flexibility index (Phi) is 3.90. The van der Waals surface area contributed by atoms with Gasteiger partial charge in [0.1, 0.15) is 5.75 Å². The van der Waals surface area contributed by atoms with Gasteiger partial charge in [-0.15, -0.1) is 0 Å². The second kappa shape index (κ2) is 5.51. The van der Waals surface area contributed by atoms with Crippen LogP contribution in [-0.2, 0) is 6.54 Å². The van der Waals surface area contributed by atoms with Gasteiger partial charge in [-0.05, 0) is 54.7 Å². The molecule has 4 unspecified atom stereocenters. The zero-order chi connectivity index (χ0) is 16.8. The van der Waals surface area contributed by atoms with E-state index < -0.39 is 0 Å². The summed E-state index contributed by atoms with van der Waals surface area (Å²) < 4.78 is 5.20. The molecule has 1 saturated carbocycles. The minimum absolute atomic E-state index is 0.280. The smallest absolute Gasteiger partial charge is 0.118 e. The van der Waals surface area contributed by atoms with E-state index in [0.717, 1.165) is 12.3 Å². The van der Waals surface area contributed by atoms with Crippen LogP contribution in [0.25, 0.3) is 0 Å². The predicted octanol–water partition coefficient (Wildman–Crippen LogP) is 5.28. The number of hydrogen-bond acceptors (Lipinski definition) is 2. The standard InChI is InChI=1S/C21H29NO/c1-14-15(2)21(5)16(3)20(14,4)11-18(21)13-22-12-17-7-9-19(23-6)10-8-17/h7-10,13,16,18H,11-12H2,1-6H3. The van der Waals surface area contributed by atoms with Crippen molar-refractivity contribution < 1.29 is 4.74 Å². The van der Waals surface area contributed by atoms with Crippen LogP contribution in [0.5, 0.6) is 5.75 Å². The molecule has 2 aliphatic rings. The zero-order valence-electron chi connectivity index (χ0n) is 15.3. The van der Waals surface area contributed by atoms with Crippen LogP contribution in [0.2, 0.25) is 0 Å². The average Bonchev–Trinajstić information content (AvgIpc) is 2.83. The molecule has 23 heavy (non-hydrogen) atoms. The number of methoxy groups -OCH3 is 1. The maximum atomic E-state index is 5.20. The highest BCUT2D eigenvalue weighted by Gasteiger charge is 2.61. The zero-order valence-corrected chi connectivity index (χ0v) is 15.3. The number of rotatable bonds is 4. The third-order valence-electron chi connectivity index (χ3n) is 7.21. The monoisotopic (exact) mass is 311 g/mol. The number of hydrogen-bond donors (Lipinski definition) is 0. The number of benzene rings is 1. The van der Waals surface area contributed by atoms with Crippen molar-refractivity contribution in [3.63, 3.8) is 0 Å². The minimum Gasteiger partial charge on any atom is -0.497 e. The van der Waals surface area contributed by atoms with Gasteiger partial charge in [0.05, 0.1) is 13.7 Å². The Morgan fingerprint density at radius 3 is 2.35 bits per heavy atom. The third kappa shape index (κ3) is 2.26. The van der Waals surface area contributed by atoms with Crippen molar-refractivity contribution in [1.29, 1.82) is 0 Å². The highest BCUT2D eigenvalue weighted by molar-refractivity contribution is 5.66. The van der Waals surface area contributed by atoms with Gasteiger partial charge in [0.15, 0.2) is 0 Å². The fraction of sp³-hybridized carbons (Fsp3) is 0.571. The van der Waals surface area contributed by atoms with Crippen molar-refractivity contribution in [3.8, 4) is 5.75 Å². The van der Waals surface area contributed by atoms with Crippen LogP contribution in [-0.4, -0.2) is 13.3 Å². The van der Waals surface area contributed by atoms with E-state index in [1.165, 1.54) is 12.0 Å². The first-order valence-corrected chi connectivity index (χ1v) is 8.65. The molecule has 0 aromatic heterocycles. The van der Waals surface area contributed by atoms with Gasteiger partial charge in [0.25, 0.3) is 0 Å². The minimum atomic E-state index is 0.280. The Bertz CT molecular complexity index is 657. The molecule has 1 aromatic carbocycles. The Morgan fingerprint density at radius 2 is 1.83 bits per heavy atom.